The molecule has 0 aliphatic carbocycles. The Kier molecular flexibility index (Phi) is 4.63. The Balaban J connectivity index is 2.01. The van der Waals surface area contributed by atoms with Gasteiger partial charge in [0.25, 0.3) is 0 Å². The summed E-state index contributed by atoms with van der Waals surface area (Å²) < 4.78 is 10.6. The van der Waals surface area contributed by atoms with Crippen molar-refractivity contribution in [2.45, 2.75) is 32.9 Å². The maximum Gasteiger partial charge on any atom is 0.120 e. The molecule has 19 heavy (non-hydrogen) atoms. The molecule has 0 aliphatic heterocycles. The minimum atomic E-state index is 0.329. The highest BCUT2D eigenvalue weighted by atomic mass is 16.5. The Bertz CT molecular complexity index is 502. The first kappa shape index (κ1) is 13.7. The monoisotopic (exact) mass is 259 g/mol. The molecular weight excluding hydrogens is 238 g/mol. The van der Waals surface area contributed by atoms with Gasteiger partial charge in [-0.15, -0.1) is 0 Å². The van der Waals surface area contributed by atoms with Crippen molar-refractivity contribution in [3.8, 4) is 5.75 Å². The van der Waals surface area contributed by atoms with Gasteiger partial charge in [0.05, 0.1) is 19.9 Å². The van der Waals surface area contributed by atoms with E-state index in [1.165, 1.54) is 11.1 Å². The molecule has 0 fully saturated rings. The van der Waals surface area contributed by atoms with Crippen molar-refractivity contribution in [1.29, 1.82) is 0 Å². The molecule has 3 heteroatoms. The second kappa shape index (κ2) is 6.43. The molecule has 1 N–H and O–H groups in total. The molecule has 1 aromatic heterocycles. The van der Waals surface area contributed by atoms with E-state index in [1.807, 2.05) is 18.2 Å². The van der Waals surface area contributed by atoms with Gasteiger partial charge < -0.3 is 14.5 Å². The SMILES string of the molecule is CCC(NCc1occc1C)c1ccc(OC)cc1. The first-order valence-corrected chi connectivity index (χ1v) is 6.65. The fourth-order valence-corrected chi connectivity index (χ4v) is 2.14. The minimum Gasteiger partial charge on any atom is -0.497 e. The Morgan fingerprint density at radius 3 is 2.47 bits per heavy atom. The predicted molar refractivity (Wildman–Crippen MR) is 76.3 cm³/mol. The zero-order valence-corrected chi connectivity index (χ0v) is 11.8. The lowest BCUT2D eigenvalue weighted by atomic mass is 10.0. The van der Waals surface area contributed by atoms with E-state index in [0.717, 1.165) is 24.5 Å². The lowest BCUT2D eigenvalue weighted by Crippen LogP contribution is -2.20. The van der Waals surface area contributed by atoms with Gasteiger partial charge in [0.1, 0.15) is 11.5 Å². The van der Waals surface area contributed by atoms with Gasteiger partial charge >= 0.3 is 0 Å². The molecule has 0 radical (unpaired) electrons. The van der Waals surface area contributed by atoms with Crippen LogP contribution in [0.1, 0.15) is 36.3 Å². The predicted octanol–water partition coefficient (Wildman–Crippen LogP) is 3.84. The van der Waals surface area contributed by atoms with Crippen molar-refractivity contribution in [2.75, 3.05) is 7.11 Å². The third-order valence-corrected chi connectivity index (χ3v) is 3.40. The van der Waals surface area contributed by atoms with E-state index in [4.69, 9.17) is 9.15 Å². The molecule has 0 amide bonds. The number of hydrogen-bond donors (Lipinski definition) is 1. The molecule has 3 nitrogen and oxygen atoms in total. The number of ether oxygens (including phenoxy) is 1. The smallest absolute Gasteiger partial charge is 0.120 e. The first-order valence-electron chi connectivity index (χ1n) is 6.65. The van der Waals surface area contributed by atoms with E-state index in [2.05, 4.69) is 31.3 Å². The van der Waals surface area contributed by atoms with Crippen LogP contribution in [-0.2, 0) is 6.54 Å². The van der Waals surface area contributed by atoms with Crippen LogP contribution < -0.4 is 10.1 Å². The van der Waals surface area contributed by atoms with Gasteiger partial charge in [-0.1, -0.05) is 19.1 Å². The van der Waals surface area contributed by atoms with Crippen molar-refractivity contribution in [3.63, 3.8) is 0 Å². The second-order valence-corrected chi connectivity index (χ2v) is 4.64. The van der Waals surface area contributed by atoms with Crippen molar-refractivity contribution >= 4 is 0 Å². The average molecular weight is 259 g/mol. The topological polar surface area (TPSA) is 34.4 Å². The van der Waals surface area contributed by atoms with Gasteiger partial charge in [0.15, 0.2) is 0 Å². The quantitative estimate of drug-likeness (QED) is 0.856. The highest BCUT2D eigenvalue weighted by Gasteiger charge is 2.10. The number of hydrogen-bond acceptors (Lipinski definition) is 3. The summed E-state index contributed by atoms with van der Waals surface area (Å²) in [4.78, 5) is 0. The third kappa shape index (κ3) is 3.38. The van der Waals surface area contributed by atoms with Gasteiger partial charge in [0.2, 0.25) is 0 Å². The van der Waals surface area contributed by atoms with Gasteiger partial charge in [-0.2, -0.15) is 0 Å². The number of rotatable bonds is 6. The largest absolute Gasteiger partial charge is 0.497 e. The van der Waals surface area contributed by atoms with Crippen LogP contribution in [0.25, 0.3) is 0 Å². The summed E-state index contributed by atoms with van der Waals surface area (Å²) in [5.74, 6) is 1.90. The summed E-state index contributed by atoms with van der Waals surface area (Å²) in [5, 5.41) is 3.53. The van der Waals surface area contributed by atoms with E-state index in [0.29, 0.717) is 6.04 Å². The van der Waals surface area contributed by atoms with Crippen molar-refractivity contribution in [1.82, 2.24) is 5.32 Å². The number of benzene rings is 1. The molecule has 102 valence electrons. The Morgan fingerprint density at radius 1 is 1.21 bits per heavy atom. The van der Waals surface area contributed by atoms with E-state index in [1.54, 1.807) is 13.4 Å². The summed E-state index contributed by atoms with van der Waals surface area (Å²) in [6, 6.07) is 10.5. The zero-order chi connectivity index (χ0) is 13.7. The Morgan fingerprint density at radius 2 is 1.95 bits per heavy atom. The van der Waals surface area contributed by atoms with Gasteiger partial charge in [-0.25, -0.2) is 0 Å². The minimum absolute atomic E-state index is 0.329. The number of furan rings is 1. The second-order valence-electron chi connectivity index (χ2n) is 4.64. The molecule has 2 aromatic rings. The van der Waals surface area contributed by atoms with E-state index in [-0.39, 0.29) is 0 Å². The molecule has 0 bridgehead atoms. The molecule has 1 atom stereocenters. The Hall–Kier alpha value is -1.74. The van der Waals surface area contributed by atoms with Gasteiger partial charge in [-0.05, 0) is 42.7 Å². The molecular formula is C16H21NO2. The van der Waals surface area contributed by atoms with Crippen LogP contribution in [0, 0.1) is 6.92 Å². The van der Waals surface area contributed by atoms with Crippen LogP contribution in [0.2, 0.25) is 0 Å². The number of aryl methyl sites for hydroxylation is 1. The maximum atomic E-state index is 5.45. The molecule has 1 aromatic carbocycles. The fraction of sp³-hybridized carbons (Fsp3) is 0.375. The molecule has 0 aliphatic rings. The van der Waals surface area contributed by atoms with Crippen LogP contribution in [0.4, 0.5) is 0 Å². The third-order valence-electron chi connectivity index (χ3n) is 3.40. The van der Waals surface area contributed by atoms with Crippen LogP contribution in [0.15, 0.2) is 41.0 Å². The Labute approximate surface area is 114 Å². The van der Waals surface area contributed by atoms with Crippen LogP contribution in [0.5, 0.6) is 5.75 Å². The zero-order valence-electron chi connectivity index (χ0n) is 11.8. The summed E-state index contributed by atoms with van der Waals surface area (Å²) in [7, 11) is 1.68. The average Bonchev–Trinajstić information content (AvgIpc) is 2.86. The number of nitrogens with one attached hydrogen (secondary N) is 1. The maximum absolute atomic E-state index is 5.45. The molecule has 2 rings (SSSR count). The van der Waals surface area contributed by atoms with Gasteiger partial charge in [-0.3, -0.25) is 0 Å². The highest BCUT2D eigenvalue weighted by molar-refractivity contribution is 5.29. The molecule has 0 saturated heterocycles. The molecule has 0 spiro atoms. The normalized spacial score (nSPS) is 12.4. The van der Waals surface area contributed by atoms with Crippen LogP contribution in [-0.4, -0.2) is 7.11 Å². The van der Waals surface area contributed by atoms with E-state index in [9.17, 15) is 0 Å². The van der Waals surface area contributed by atoms with Crippen LogP contribution >= 0.6 is 0 Å². The van der Waals surface area contributed by atoms with Crippen LogP contribution in [0.3, 0.4) is 0 Å². The fourth-order valence-electron chi connectivity index (χ4n) is 2.14. The summed E-state index contributed by atoms with van der Waals surface area (Å²) in [5.41, 5.74) is 2.46. The summed E-state index contributed by atoms with van der Waals surface area (Å²) in [6.45, 7) is 5.00. The molecule has 1 heterocycles. The van der Waals surface area contributed by atoms with E-state index >= 15 is 0 Å². The van der Waals surface area contributed by atoms with Gasteiger partial charge in [0, 0.05) is 6.04 Å². The molecule has 0 saturated carbocycles. The molecule has 1 unspecified atom stereocenters. The highest BCUT2D eigenvalue weighted by Crippen LogP contribution is 2.21. The lowest BCUT2D eigenvalue weighted by Gasteiger charge is -2.17. The standard InChI is InChI=1S/C16H21NO2/c1-4-15(13-5-7-14(18-3)8-6-13)17-11-16-12(2)9-10-19-16/h5-10,15,17H,4,11H2,1-3H3. The summed E-state index contributed by atoms with van der Waals surface area (Å²) in [6.07, 6.45) is 2.77. The van der Waals surface area contributed by atoms with E-state index < -0.39 is 0 Å². The van der Waals surface area contributed by atoms with Crippen molar-refractivity contribution in [3.05, 3.63) is 53.5 Å². The van der Waals surface area contributed by atoms with Crippen molar-refractivity contribution < 1.29 is 9.15 Å². The summed E-state index contributed by atoms with van der Waals surface area (Å²) >= 11 is 0. The first-order chi connectivity index (χ1) is 9.24. The lowest BCUT2D eigenvalue weighted by molar-refractivity contribution is 0.413. The number of methoxy groups -OCH3 is 1. The van der Waals surface area contributed by atoms with Crippen molar-refractivity contribution in [2.24, 2.45) is 0 Å².